The molecule has 1 aromatic heterocycles. The summed E-state index contributed by atoms with van der Waals surface area (Å²) >= 11 is 0. The van der Waals surface area contributed by atoms with Gasteiger partial charge in [-0.05, 0) is 56.8 Å². The van der Waals surface area contributed by atoms with Gasteiger partial charge in [0.2, 0.25) is 17.7 Å². The van der Waals surface area contributed by atoms with Crippen molar-refractivity contribution in [3.8, 4) is 11.6 Å². The number of carboxylic acids is 1. The normalized spacial score (nSPS) is 28.1. The van der Waals surface area contributed by atoms with Crippen molar-refractivity contribution in [2.75, 3.05) is 26.9 Å². The minimum Gasteiger partial charge on any atom is -0.497 e. The first-order chi connectivity index (χ1) is 20.9. The van der Waals surface area contributed by atoms with Crippen LogP contribution in [-0.4, -0.2) is 95.1 Å². The van der Waals surface area contributed by atoms with Crippen molar-refractivity contribution < 1.29 is 43.2 Å². The molecule has 0 spiro atoms. The highest BCUT2D eigenvalue weighted by atomic mass is 16.6. The Morgan fingerprint density at radius 2 is 2.02 bits per heavy atom. The summed E-state index contributed by atoms with van der Waals surface area (Å²) in [6.45, 7) is 5.43. The molecule has 1 aliphatic carbocycles. The number of nitrogens with one attached hydrogen (secondary N) is 2. The van der Waals surface area contributed by atoms with E-state index < -0.39 is 59.1 Å². The summed E-state index contributed by atoms with van der Waals surface area (Å²) in [4.78, 5) is 58.5. The van der Waals surface area contributed by atoms with Crippen LogP contribution in [0.4, 0.5) is 4.79 Å². The summed E-state index contributed by atoms with van der Waals surface area (Å²) < 4.78 is 22.7. The molecule has 236 valence electrons. The van der Waals surface area contributed by atoms with E-state index in [4.69, 9.17) is 18.9 Å². The third-order valence-electron chi connectivity index (χ3n) is 7.93. The highest BCUT2D eigenvalue weighted by molar-refractivity contribution is 5.96. The number of carboxylic acid groups (broad SMARTS) is 1. The Balaban J connectivity index is 1.44. The number of amides is 3. The lowest BCUT2D eigenvalue weighted by Crippen LogP contribution is -2.56. The average molecular weight is 611 g/mol. The number of rotatable bonds is 5. The number of aromatic nitrogens is 1. The van der Waals surface area contributed by atoms with E-state index in [2.05, 4.69) is 15.6 Å². The van der Waals surface area contributed by atoms with Crippen LogP contribution in [0.2, 0.25) is 0 Å². The summed E-state index contributed by atoms with van der Waals surface area (Å²) in [5.74, 6) is -1.72. The van der Waals surface area contributed by atoms with Crippen molar-refractivity contribution in [2.45, 2.75) is 69.4 Å². The molecule has 3 amide bonds. The van der Waals surface area contributed by atoms with Gasteiger partial charge in [0.15, 0.2) is 0 Å². The van der Waals surface area contributed by atoms with Gasteiger partial charge in [-0.25, -0.2) is 14.6 Å². The Kier molecular flexibility index (Phi) is 8.69. The minimum atomic E-state index is -1.48. The Morgan fingerprint density at radius 1 is 1.23 bits per heavy atom. The number of ether oxygens (including phenoxy) is 4. The molecule has 3 heterocycles. The molecule has 0 radical (unpaired) electrons. The van der Waals surface area contributed by atoms with Gasteiger partial charge in [-0.1, -0.05) is 12.2 Å². The molecule has 0 bridgehead atoms. The molecule has 44 heavy (non-hydrogen) atoms. The lowest BCUT2D eigenvalue weighted by molar-refractivity contribution is -0.145. The third-order valence-corrected chi connectivity index (χ3v) is 7.93. The fourth-order valence-electron chi connectivity index (χ4n) is 5.63. The van der Waals surface area contributed by atoms with Crippen molar-refractivity contribution in [1.29, 1.82) is 0 Å². The first kappa shape index (κ1) is 31.0. The predicted molar refractivity (Wildman–Crippen MR) is 157 cm³/mol. The monoisotopic (exact) mass is 610 g/mol. The Morgan fingerprint density at radius 3 is 2.75 bits per heavy atom. The molecule has 2 fully saturated rings. The number of carbonyl (C=O) groups excluding carboxylic acids is 3. The van der Waals surface area contributed by atoms with Gasteiger partial charge in [0.05, 0.1) is 20.3 Å². The summed E-state index contributed by atoms with van der Waals surface area (Å²) in [6, 6.07) is 5.13. The Labute approximate surface area is 254 Å². The first-order valence-electron chi connectivity index (χ1n) is 14.6. The molecule has 5 rings (SSSR count). The summed E-state index contributed by atoms with van der Waals surface area (Å²) in [6.07, 6.45) is 4.00. The van der Waals surface area contributed by atoms with E-state index in [1.54, 1.807) is 52.3 Å². The summed E-state index contributed by atoms with van der Waals surface area (Å²) in [7, 11) is 1.57. The number of carbonyl (C=O) groups is 4. The predicted octanol–water partition coefficient (Wildman–Crippen LogP) is 2.42. The topological polar surface area (TPSA) is 166 Å². The maximum atomic E-state index is 14.0. The second kappa shape index (κ2) is 12.3. The number of alkyl carbamates (subject to hydrolysis) is 1. The maximum Gasteiger partial charge on any atom is 0.408 e. The standard InChI is InChI=1S/C31H38N4O9/c1-30(2,3)44-29(40)33-23-10-13-42-12-5-6-19-16-31(19,28(38)39)34-25(36)24-15-21(17-35(24)27(23)37)43-26-22-8-7-20(41-4)14-18(22)9-11-32-26/h5-9,11,14,19,21,23-24H,10,12-13,15-17H2,1-4H3,(H,33,40)(H,34,36)(H,38,39)/b6-5-/t19-,21+,23-,24-,31+/m0/s1. The van der Waals surface area contributed by atoms with Crippen molar-refractivity contribution in [1.82, 2.24) is 20.5 Å². The van der Waals surface area contributed by atoms with E-state index in [1.807, 2.05) is 18.2 Å². The van der Waals surface area contributed by atoms with Gasteiger partial charge < -0.3 is 39.6 Å². The number of nitrogens with zero attached hydrogens (tertiary/aromatic N) is 2. The van der Waals surface area contributed by atoms with E-state index >= 15 is 0 Å². The Bertz CT molecular complexity index is 1470. The SMILES string of the molecule is COc1ccc2c(O[C@@H]3C[C@H]4C(=O)N[C@]5(C(=O)O)C[C@@H]5/C=C\COCC[C@H](NC(=O)OC(C)(C)C)C(=O)N4C3)nccc2c1. The largest absolute Gasteiger partial charge is 0.497 e. The third kappa shape index (κ3) is 6.72. The van der Waals surface area contributed by atoms with Gasteiger partial charge in [0.25, 0.3) is 0 Å². The van der Waals surface area contributed by atoms with E-state index in [9.17, 15) is 24.3 Å². The van der Waals surface area contributed by atoms with Crippen LogP contribution in [0, 0.1) is 5.92 Å². The van der Waals surface area contributed by atoms with Crippen LogP contribution in [-0.2, 0) is 23.9 Å². The highest BCUT2D eigenvalue weighted by Crippen LogP contribution is 2.45. The lowest BCUT2D eigenvalue weighted by atomic mass is 10.1. The zero-order chi connectivity index (χ0) is 31.6. The Hall–Kier alpha value is -4.39. The maximum absolute atomic E-state index is 14.0. The molecule has 13 heteroatoms. The van der Waals surface area contributed by atoms with Gasteiger partial charge in [-0.2, -0.15) is 0 Å². The van der Waals surface area contributed by atoms with Gasteiger partial charge in [-0.3, -0.25) is 9.59 Å². The molecule has 2 aliphatic heterocycles. The molecular formula is C31H38N4O9. The van der Waals surface area contributed by atoms with E-state index in [-0.39, 0.29) is 39.0 Å². The molecule has 5 atom stereocenters. The smallest absolute Gasteiger partial charge is 0.408 e. The van der Waals surface area contributed by atoms with E-state index in [1.165, 1.54) is 4.90 Å². The van der Waals surface area contributed by atoms with Crippen molar-refractivity contribution in [3.05, 3.63) is 42.6 Å². The molecule has 1 saturated heterocycles. The molecule has 1 saturated carbocycles. The fourth-order valence-corrected chi connectivity index (χ4v) is 5.63. The molecule has 0 unspecified atom stereocenters. The van der Waals surface area contributed by atoms with Gasteiger partial charge in [0.1, 0.15) is 35.1 Å². The van der Waals surface area contributed by atoms with Crippen molar-refractivity contribution >= 4 is 34.6 Å². The number of hydrogen-bond acceptors (Lipinski definition) is 9. The van der Waals surface area contributed by atoms with Crippen molar-refractivity contribution in [2.24, 2.45) is 5.92 Å². The number of hydrogen-bond donors (Lipinski definition) is 3. The zero-order valence-electron chi connectivity index (χ0n) is 25.2. The molecule has 3 N–H and O–H groups in total. The number of methoxy groups -OCH3 is 1. The average Bonchev–Trinajstić information content (AvgIpc) is 3.50. The van der Waals surface area contributed by atoms with Crippen LogP contribution < -0.4 is 20.1 Å². The van der Waals surface area contributed by atoms with Crippen LogP contribution in [0.5, 0.6) is 11.6 Å². The van der Waals surface area contributed by atoms with Crippen molar-refractivity contribution in [3.63, 3.8) is 0 Å². The fraction of sp³-hybridized carbons (Fsp3) is 0.516. The molecule has 1 aromatic carbocycles. The second-order valence-corrected chi connectivity index (χ2v) is 12.3. The van der Waals surface area contributed by atoms with Crippen LogP contribution in [0.15, 0.2) is 42.6 Å². The van der Waals surface area contributed by atoms with Crippen LogP contribution in [0.3, 0.4) is 0 Å². The minimum absolute atomic E-state index is 0.00189. The van der Waals surface area contributed by atoms with E-state index in [0.717, 1.165) is 10.8 Å². The zero-order valence-corrected chi connectivity index (χ0v) is 25.2. The molecule has 3 aliphatic rings. The highest BCUT2D eigenvalue weighted by Gasteiger charge is 2.61. The first-order valence-corrected chi connectivity index (χ1v) is 14.6. The lowest BCUT2D eigenvalue weighted by Gasteiger charge is -2.30. The van der Waals surface area contributed by atoms with Gasteiger partial charge in [0, 0.05) is 36.9 Å². The quantitative estimate of drug-likeness (QED) is 0.428. The number of aliphatic carboxylic acids is 1. The molecular weight excluding hydrogens is 572 g/mol. The number of benzene rings is 1. The molecule has 13 nitrogen and oxygen atoms in total. The summed E-state index contributed by atoms with van der Waals surface area (Å²) in [5, 5.41) is 16.9. The number of pyridine rings is 1. The van der Waals surface area contributed by atoms with Crippen LogP contribution >= 0.6 is 0 Å². The van der Waals surface area contributed by atoms with Crippen LogP contribution in [0.25, 0.3) is 10.8 Å². The van der Waals surface area contributed by atoms with Gasteiger partial charge in [-0.15, -0.1) is 0 Å². The van der Waals surface area contributed by atoms with E-state index in [0.29, 0.717) is 11.6 Å². The van der Waals surface area contributed by atoms with Gasteiger partial charge >= 0.3 is 12.1 Å². The second-order valence-electron chi connectivity index (χ2n) is 12.3. The number of fused-ring (bicyclic) bond motifs is 3. The molecule has 2 aromatic rings. The summed E-state index contributed by atoms with van der Waals surface area (Å²) in [5.41, 5.74) is -2.28. The van der Waals surface area contributed by atoms with Crippen LogP contribution in [0.1, 0.15) is 40.0 Å².